The van der Waals surface area contributed by atoms with Gasteiger partial charge in [0.2, 0.25) is 0 Å². The fourth-order valence-corrected chi connectivity index (χ4v) is 1.18. The molecule has 0 saturated heterocycles. The number of aliphatic hydroxyl groups is 1. The molecule has 1 aromatic carbocycles. The zero-order valence-electron chi connectivity index (χ0n) is 5.50. The van der Waals surface area contributed by atoms with E-state index in [4.69, 9.17) is 5.11 Å². The molecule has 0 unspecified atom stereocenters. The fourth-order valence-electron chi connectivity index (χ4n) is 0.767. The van der Waals surface area contributed by atoms with Crippen LogP contribution in [0.25, 0.3) is 0 Å². The van der Waals surface area contributed by atoms with Crippen molar-refractivity contribution in [3.05, 3.63) is 35.9 Å². The van der Waals surface area contributed by atoms with Gasteiger partial charge in [-0.25, -0.2) is 0 Å². The van der Waals surface area contributed by atoms with Gasteiger partial charge >= 0.3 is 0 Å². The lowest BCUT2D eigenvalue weighted by atomic mass is 10.2. The smallest absolute Gasteiger partial charge is 0.0590 e. The van der Waals surface area contributed by atoms with E-state index in [1.165, 1.54) is 5.56 Å². The van der Waals surface area contributed by atoms with Gasteiger partial charge in [-0.1, -0.05) is 52.9 Å². The number of hydrogen-bond donors (Lipinski definition) is 1. The van der Waals surface area contributed by atoms with Gasteiger partial charge in [0.15, 0.2) is 0 Å². The summed E-state index contributed by atoms with van der Waals surface area (Å²) in [5.41, 5.74) is 1.19. The number of benzene rings is 1. The van der Waals surface area contributed by atoms with Crippen molar-refractivity contribution in [2.45, 2.75) is 3.92 Å². The van der Waals surface area contributed by atoms with Crippen molar-refractivity contribution in [2.75, 3.05) is 6.61 Å². The second-order valence-electron chi connectivity index (χ2n) is 2.06. The first-order chi connectivity index (χ1) is 4.84. The monoisotopic (exact) mass is 248 g/mol. The third kappa shape index (κ3) is 1.95. The van der Waals surface area contributed by atoms with E-state index in [2.05, 4.69) is 22.6 Å². The van der Waals surface area contributed by atoms with Crippen LogP contribution in [-0.2, 0) is 0 Å². The first kappa shape index (κ1) is 8.01. The summed E-state index contributed by atoms with van der Waals surface area (Å²) >= 11 is 2.22. The van der Waals surface area contributed by atoms with Crippen LogP contribution in [0.4, 0.5) is 0 Å². The molecule has 1 atom stereocenters. The maximum atomic E-state index is 8.78. The molecule has 0 aliphatic carbocycles. The van der Waals surface area contributed by atoms with E-state index < -0.39 is 0 Å². The Hall–Kier alpha value is -0.0900. The number of halogens is 1. The molecule has 0 aliphatic heterocycles. The predicted molar refractivity (Wildman–Crippen MR) is 50.3 cm³/mol. The van der Waals surface area contributed by atoms with Gasteiger partial charge in [0.25, 0.3) is 0 Å². The lowest BCUT2D eigenvalue weighted by Crippen LogP contribution is -1.93. The van der Waals surface area contributed by atoms with Crippen LogP contribution in [0.1, 0.15) is 9.49 Å². The van der Waals surface area contributed by atoms with Gasteiger partial charge in [-0.05, 0) is 5.56 Å². The Bertz CT molecular complexity index is 186. The van der Waals surface area contributed by atoms with E-state index in [-0.39, 0.29) is 10.5 Å². The maximum absolute atomic E-state index is 8.78. The van der Waals surface area contributed by atoms with Crippen LogP contribution in [0.15, 0.2) is 30.3 Å². The van der Waals surface area contributed by atoms with Crippen LogP contribution in [0.2, 0.25) is 0 Å². The quantitative estimate of drug-likeness (QED) is 0.628. The zero-order valence-corrected chi connectivity index (χ0v) is 7.65. The van der Waals surface area contributed by atoms with E-state index in [9.17, 15) is 0 Å². The van der Waals surface area contributed by atoms with Gasteiger partial charge in [0, 0.05) is 0 Å². The Balaban J connectivity index is 2.75. The van der Waals surface area contributed by atoms with Crippen LogP contribution >= 0.6 is 22.6 Å². The molecule has 0 radical (unpaired) electrons. The van der Waals surface area contributed by atoms with Gasteiger partial charge in [-0.15, -0.1) is 0 Å². The SMILES string of the molecule is OC[C@H](I)c1ccccc1. The third-order valence-electron chi connectivity index (χ3n) is 1.32. The molecule has 0 heterocycles. The average Bonchev–Trinajstić information content (AvgIpc) is 2.05. The van der Waals surface area contributed by atoms with E-state index in [1.807, 2.05) is 30.3 Å². The van der Waals surface area contributed by atoms with Crippen LogP contribution in [0.5, 0.6) is 0 Å². The molecule has 1 nitrogen and oxygen atoms in total. The number of aliphatic hydroxyl groups excluding tert-OH is 1. The van der Waals surface area contributed by atoms with Gasteiger partial charge in [-0.3, -0.25) is 0 Å². The van der Waals surface area contributed by atoms with Crippen LogP contribution < -0.4 is 0 Å². The normalized spacial score (nSPS) is 13.0. The first-order valence-corrected chi connectivity index (χ1v) is 4.39. The Morgan fingerprint density at radius 2 is 1.90 bits per heavy atom. The van der Waals surface area contributed by atoms with Crippen molar-refractivity contribution in [3.63, 3.8) is 0 Å². The summed E-state index contributed by atoms with van der Waals surface area (Å²) in [7, 11) is 0. The maximum Gasteiger partial charge on any atom is 0.0590 e. The summed E-state index contributed by atoms with van der Waals surface area (Å²) < 4.78 is 0.235. The Morgan fingerprint density at radius 1 is 1.30 bits per heavy atom. The molecule has 0 saturated carbocycles. The number of rotatable bonds is 2. The van der Waals surface area contributed by atoms with E-state index >= 15 is 0 Å². The second kappa shape index (κ2) is 3.93. The topological polar surface area (TPSA) is 20.2 Å². The Morgan fingerprint density at radius 3 is 2.40 bits per heavy atom. The van der Waals surface area contributed by atoms with E-state index in [0.717, 1.165) is 0 Å². The average molecular weight is 248 g/mol. The minimum Gasteiger partial charge on any atom is -0.395 e. The molecule has 2 heteroatoms. The van der Waals surface area contributed by atoms with Crippen LogP contribution in [-0.4, -0.2) is 11.7 Å². The van der Waals surface area contributed by atoms with E-state index in [1.54, 1.807) is 0 Å². The second-order valence-corrected chi connectivity index (χ2v) is 3.56. The van der Waals surface area contributed by atoms with Crippen molar-refractivity contribution >= 4 is 22.6 Å². The van der Waals surface area contributed by atoms with E-state index in [0.29, 0.717) is 0 Å². The molecule has 1 aromatic rings. The van der Waals surface area contributed by atoms with Gasteiger partial charge in [0.1, 0.15) is 0 Å². The molecule has 54 valence electrons. The van der Waals surface area contributed by atoms with Crippen molar-refractivity contribution < 1.29 is 5.11 Å². The molecular weight excluding hydrogens is 239 g/mol. The molecule has 0 aliphatic rings. The van der Waals surface area contributed by atoms with Crippen molar-refractivity contribution in [2.24, 2.45) is 0 Å². The van der Waals surface area contributed by atoms with Crippen molar-refractivity contribution in [1.82, 2.24) is 0 Å². The summed E-state index contributed by atoms with van der Waals surface area (Å²) in [6.07, 6.45) is 0. The third-order valence-corrected chi connectivity index (χ3v) is 2.43. The molecule has 1 N–H and O–H groups in total. The summed E-state index contributed by atoms with van der Waals surface area (Å²) in [6, 6.07) is 9.98. The molecular formula is C8H9IO. The predicted octanol–water partition coefficient (Wildman–Crippen LogP) is 2.16. The van der Waals surface area contributed by atoms with Gasteiger partial charge < -0.3 is 5.11 Å². The molecule has 10 heavy (non-hydrogen) atoms. The summed E-state index contributed by atoms with van der Waals surface area (Å²) in [5.74, 6) is 0. The standard InChI is InChI=1S/C8H9IO/c9-8(6-10)7-4-2-1-3-5-7/h1-5,8,10H,6H2/t8-/m0/s1. The van der Waals surface area contributed by atoms with Crippen molar-refractivity contribution in [1.29, 1.82) is 0 Å². The highest BCUT2D eigenvalue weighted by atomic mass is 127. The summed E-state index contributed by atoms with van der Waals surface area (Å²) in [5, 5.41) is 8.78. The Labute approximate surface area is 74.2 Å². The summed E-state index contributed by atoms with van der Waals surface area (Å²) in [4.78, 5) is 0. The number of hydrogen-bond acceptors (Lipinski definition) is 1. The lowest BCUT2D eigenvalue weighted by molar-refractivity contribution is 0.301. The Kier molecular flexibility index (Phi) is 3.15. The highest BCUT2D eigenvalue weighted by Crippen LogP contribution is 2.21. The van der Waals surface area contributed by atoms with Crippen LogP contribution in [0, 0.1) is 0 Å². The molecule has 0 spiro atoms. The van der Waals surface area contributed by atoms with Crippen molar-refractivity contribution in [3.8, 4) is 0 Å². The minimum atomic E-state index is 0.213. The minimum absolute atomic E-state index is 0.213. The molecule has 0 fully saturated rings. The number of alkyl halides is 1. The summed E-state index contributed by atoms with van der Waals surface area (Å²) in [6.45, 7) is 0.213. The lowest BCUT2D eigenvalue weighted by Gasteiger charge is -2.04. The van der Waals surface area contributed by atoms with Gasteiger partial charge in [0.05, 0.1) is 10.5 Å². The zero-order chi connectivity index (χ0) is 7.40. The van der Waals surface area contributed by atoms with Crippen LogP contribution in [0.3, 0.4) is 0 Å². The molecule has 1 rings (SSSR count). The molecule has 0 aromatic heterocycles. The molecule has 0 bridgehead atoms. The largest absolute Gasteiger partial charge is 0.395 e. The fraction of sp³-hybridized carbons (Fsp3) is 0.250. The van der Waals surface area contributed by atoms with Gasteiger partial charge in [-0.2, -0.15) is 0 Å². The molecule has 0 amide bonds. The highest BCUT2D eigenvalue weighted by molar-refractivity contribution is 14.1. The highest BCUT2D eigenvalue weighted by Gasteiger charge is 2.02. The first-order valence-electron chi connectivity index (χ1n) is 3.14.